The Balaban J connectivity index is 2.81. The van der Waals surface area contributed by atoms with Crippen molar-refractivity contribution in [2.45, 2.75) is 26.3 Å². The number of nitrogens with two attached hydrogens (primary N) is 1. The minimum Gasteiger partial charge on any atom is -0.364 e. The minimum atomic E-state index is -0.485. The highest BCUT2D eigenvalue weighted by Gasteiger charge is 2.22. The van der Waals surface area contributed by atoms with E-state index in [-0.39, 0.29) is 11.9 Å². The molecule has 0 aliphatic rings. The third-order valence-electron chi connectivity index (χ3n) is 2.37. The van der Waals surface area contributed by atoms with Crippen LogP contribution in [0.15, 0.2) is 0 Å². The molecule has 7 nitrogen and oxygen atoms in total. The van der Waals surface area contributed by atoms with Gasteiger partial charge in [-0.2, -0.15) is 0 Å². The van der Waals surface area contributed by atoms with Crippen LogP contribution in [0.1, 0.15) is 19.2 Å². The minimum absolute atomic E-state index is 0.0703. The molecule has 90 valence electrons. The number of nitrogens with zero attached hydrogens (tertiary/aromatic N) is 3. The predicted molar refractivity (Wildman–Crippen MR) is 61.4 cm³/mol. The lowest BCUT2D eigenvalue weighted by Crippen LogP contribution is -2.20. The van der Waals surface area contributed by atoms with Gasteiger partial charge in [-0.15, -0.1) is 0 Å². The SMILES string of the molecule is Cc1nc([N+](=O)[O-])c(NCCC(C)N)n1C. The van der Waals surface area contributed by atoms with Crippen LogP contribution < -0.4 is 11.1 Å². The second-order valence-corrected chi connectivity index (χ2v) is 3.84. The molecule has 1 unspecified atom stereocenters. The summed E-state index contributed by atoms with van der Waals surface area (Å²) in [6, 6.07) is 0.0703. The summed E-state index contributed by atoms with van der Waals surface area (Å²) in [5.41, 5.74) is 5.60. The van der Waals surface area contributed by atoms with Gasteiger partial charge < -0.3 is 21.2 Å². The number of nitro groups is 1. The first-order chi connectivity index (χ1) is 7.43. The fourth-order valence-electron chi connectivity index (χ4n) is 1.34. The van der Waals surface area contributed by atoms with Gasteiger partial charge >= 0.3 is 5.82 Å². The van der Waals surface area contributed by atoms with Crippen molar-refractivity contribution < 1.29 is 4.92 Å². The van der Waals surface area contributed by atoms with Crippen LogP contribution in [0.2, 0.25) is 0 Å². The Labute approximate surface area is 93.8 Å². The van der Waals surface area contributed by atoms with Gasteiger partial charge in [-0.25, -0.2) is 0 Å². The van der Waals surface area contributed by atoms with Crippen molar-refractivity contribution in [2.24, 2.45) is 12.8 Å². The number of hydrogen-bond donors (Lipinski definition) is 2. The normalized spacial score (nSPS) is 12.5. The molecule has 3 N–H and O–H groups in total. The Morgan fingerprint density at radius 2 is 2.31 bits per heavy atom. The molecular weight excluding hydrogens is 210 g/mol. The van der Waals surface area contributed by atoms with E-state index in [1.54, 1.807) is 18.5 Å². The van der Waals surface area contributed by atoms with E-state index >= 15 is 0 Å². The fourth-order valence-corrected chi connectivity index (χ4v) is 1.34. The molecule has 0 fully saturated rings. The molecule has 0 saturated carbocycles. The Morgan fingerprint density at radius 3 is 2.81 bits per heavy atom. The van der Waals surface area contributed by atoms with E-state index in [1.807, 2.05) is 6.92 Å². The van der Waals surface area contributed by atoms with Crippen LogP contribution in [-0.2, 0) is 7.05 Å². The predicted octanol–water partition coefficient (Wildman–Crippen LogP) is 0.786. The molecule has 0 radical (unpaired) electrons. The maximum Gasteiger partial charge on any atom is 0.406 e. The number of nitrogens with one attached hydrogen (secondary N) is 1. The summed E-state index contributed by atoms with van der Waals surface area (Å²) in [5, 5.41) is 13.7. The molecule has 0 bridgehead atoms. The molecule has 1 heterocycles. The summed E-state index contributed by atoms with van der Waals surface area (Å²) in [7, 11) is 1.74. The Hall–Kier alpha value is -1.63. The number of rotatable bonds is 5. The molecule has 1 aromatic heterocycles. The zero-order valence-electron chi connectivity index (χ0n) is 9.73. The van der Waals surface area contributed by atoms with Crippen molar-refractivity contribution in [3.63, 3.8) is 0 Å². The number of hydrogen-bond acceptors (Lipinski definition) is 5. The summed E-state index contributed by atoms with van der Waals surface area (Å²) in [4.78, 5) is 14.1. The van der Waals surface area contributed by atoms with Crippen LogP contribution in [-0.4, -0.2) is 27.1 Å². The van der Waals surface area contributed by atoms with Crippen molar-refractivity contribution in [1.82, 2.24) is 9.55 Å². The maximum atomic E-state index is 10.7. The molecule has 0 aliphatic carbocycles. The Bertz CT molecular complexity index is 385. The van der Waals surface area contributed by atoms with E-state index in [0.29, 0.717) is 18.2 Å². The smallest absolute Gasteiger partial charge is 0.364 e. The summed E-state index contributed by atoms with van der Waals surface area (Å²) in [6.45, 7) is 4.21. The third-order valence-corrected chi connectivity index (χ3v) is 2.37. The van der Waals surface area contributed by atoms with Crippen molar-refractivity contribution in [2.75, 3.05) is 11.9 Å². The van der Waals surface area contributed by atoms with E-state index < -0.39 is 4.92 Å². The fraction of sp³-hybridized carbons (Fsp3) is 0.667. The lowest BCUT2D eigenvalue weighted by atomic mass is 10.2. The molecule has 0 spiro atoms. The summed E-state index contributed by atoms with van der Waals surface area (Å²) >= 11 is 0. The average Bonchev–Trinajstić information content (AvgIpc) is 2.45. The van der Waals surface area contributed by atoms with E-state index in [2.05, 4.69) is 10.3 Å². The van der Waals surface area contributed by atoms with Crippen LogP contribution in [0.5, 0.6) is 0 Å². The molecule has 0 saturated heterocycles. The zero-order chi connectivity index (χ0) is 12.3. The summed E-state index contributed by atoms with van der Waals surface area (Å²) < 4.78 is 1.67. The van der Waals surface area contributed by atoms with Gasteiger partial charge in [0.1, 0.15) is 0 Å². The second-order valence-electron chi connectivity index (χ2n) is 3.84. The van der Waals surface area contributed by atoms with Crippen LogP contribution in [0.25, 0.3) is 0 Å². The first kappa shape index (κ1) is 12.4. The molecular formula is C9H17N5O2. The van der Waals surface area contributed by atoms with Crippen molar-refractivity contribution in [3.8, 4) is 0 Å². The van der Waals surface area contributed by atoms with Crippen LogP contribution in [0, 0.1) is 17.0 Å². The van der Waals surface area contributed by atoms with Gasteiger partial charge in [0, 0.05) is 26.6 Å². The number of anilines is 1. The molecule has 0 amide bonds. The summed E-state index contributed by atoms with van der Waals surface area (Å²) in [6.07, 6.45) is 0.751. The van der Waals surface area contributed by atoms with Crippen molar-refractivity contribution >= 4 is 11.6 Å². The molecule has 0 aliphatic heterocycles. The molecule has 1 atom stereocenters. The Morgan fingerprint density at radius 1 is 1.69 bits per heavy atom. The van der Waals surface area contributed by atoms with Gasteiger partial charge in [0.2, 0.25) is 11.6 Å². The quantitative estimate of drug-likeness (QED) is 0.572. The van der Waals surface area contributed by atoms with Gasteiger partial charge in [0.05, 0.1) is 0 Å². The third kappa shape index (κ3) is 2.69. The average molecular weight is 227 g/mol. The highest BCUT2D eigenvalue weighted by Crippen LogP contribution is 2.23. The Kier molecular flexibility index (Phi) is 3.83. The van der Waals surface area contributed by atoms with E-state index in [9.17, 15) is 10.1 Å². The highest BCUT2D eigenvalue weighted by atomic mass is 16.6. The number of aryl methyl sites for hydroxylation is 1. The lowest BCUT2D eigenvalue weighted by Gasteiger charge is -2.08. The van der Waals surface area contributed by atoms with Crippen molar-refractivity contribution in [3.05, 3.63) is 15.9 Å². The molecule has 1 aromatic rings. The van der Waals surface area contributed by atoms with Gasteiger partial charge in [0.15, 0.2) is 0 Å². The van der Waals surface area contributed by atoms with Gasteiger partial charge in [0.25, 0.3) is 0 Å². The lowest BCUT2D eigenvalue weighted by molar-refractivity contribution is -0.388. The van der Waals surface area contributed by atoms with Crippen molar-refractivity contribution in [1.29, 1.82) is 0 Å². The van der Waals surface area contributed by atoms with Gasteiger partial charge in [-0.05, 0) is 23.3 Å². The number of aromatic nitrogens is 2. The van der Waals surface area contributed by atoms with E-state index in [1.165, 1.54) is 0 Å². The van der Waals surface area contributed by atoms with Crippen LogP contribution in [0.3, 0.4) is 0 Å². The van der Waals surface area contributed by atoms with E-state index in [0.717, 1.165) is 6.42 Å². The van der Waals surface area contributed by atoms with Crippen LogP contribution in [0.4, 0.5) is 11.6 Å². The van der Waals surface area contributed by atoms with Crippen LogP contribution >= 0.6 is 0 Å². The standard InChI is InChI=1S/C9H17N5O2/c1-6(10)4-5-11-8-9(14(15)16)12-7(2)13(8)3/h6,11H,4-5,10H2,1-3H3. The first-order valence-electron chi connectivity index (χ1n) is 5.10. The van der Waals surface area contributed by atoms with E-state index in [4.69, 9.17) is 5.73 Å². The molecule has 7 heteroatoms. The maximum absolute atomic E-state index is 10.7. The number of imidazole rings is 1. The molecule has 0 aromatic carbocycles. The second kappa shape index (κ2) is 4.93. The summed E-state index contributed by atoms with van der Waals surface area (Å²) in [5.74, 6) is 0.905. The molecule has 16 heavy (non-hydrogen) atoms. The highest BCUT2D eigenvalue weighted by molar-refractivity contribution is 5.53. The zero-order valence-corrected chi connectivity index (χ0v) is 9.73. The molecule has 1 rings (SSSR count). The van der Waals surface area contributed by atoms with Gasteiger partial charge in [-0.3, -0.25) is 4.57 Å². The first-order valence-corrected chi connectivity index (χ1v) is 5.10. The van der Waals surface area contributed by atoms with Gasteiger partial charge in [-0.1, -0.05) is 0 Å². The monoisotopic (exact) mass is 227 g/mol. The topological polar surface area (TPSA) is 99.0 Å². The largest absolute Gasteiger partial charge is 0.406 e.